The van der Waals surface area contributed by atoms with E-state index in [1.807, 2.05) is 25.2 Å². The molecule has 0 heterocycles. The molecule has 3 nitrogen and oxygen atoms in total. The molecule has 0 aromatic carbocycles. The highest BCUT2D eigenvalue weighted by Gasteiger charge is 1.86. The molecule has 3 N–H and O–H groups in total. The van der Waals surface area contributed by atoms with E-state index in [2.05, 4.69) is 11.9 Å². The molecule has 0 bridgehead atoms. The van der Waals surface area contributed by atoms with Crippen molar-refractivity contribution >= 4 is 0 Å². The Kier molecular flexibility index (Phi) is 6.73. The van der Waals surface area contributed by atoms with Gasteiger partial charge in [-0.2, -0.15) is 0 Å². The van der Waals surface area contributed by atoms with Crippen molar-refractivity contribution in [2.45, 2.75) is 6.92 Å². The quantitative estimate of drug-likeness (QED) is 0.478. The van der Waals surface area contributed by atoms with Crippen molar-refractivity contribution in [1.29, 1.82) is 0 Å². The first-order chi connectivity index (χ1) is 6.20. The number of allylic oxidation sites excluding steroid dienone is 3. The molecule has 13 heavy (non-hydrogen) atoms. The average molecular weight is 182 g/mol. The van der Waals surface area contributed by atoms with Crippen LogP contribution in [0.1, 0.15) is 6.92 Å². The molecule has 0 fully saturated rings. The summed E-state index contributed by atoms with van der Waals surface area (Å²) in [6.45, 7) is 7.12. The highest BCUT2D eigenvalue weighted by Crippen LogP contribution is 1.91. The number of methoxy groups -OCH3 is 1. The van der Waals surface area contributed by atoms with Crippen molar-refractivity contribution in [3.8, 4) is 0 Å². The van der Waals surface area contributed by atoms with Crippen molar-refractivity contribution in [2.24, 2.45) is 5.73 Å². The first-order valence-electron chi connectivity index (χ1n) is 4.22. The maximum Gasteiger partial charge on any atom is 0.0635 e. The van der Waals surface area contributed by atoms with E-state index in [1.54, 1.807) is 7.11 Å². The zero-order chi connectivity index (χ0) is 10.1. The third-order valence-electron chi connectivity index (χ3n) is 1.47. The van der Waals surface area contributed by atoms with Gasteiger partial charge < -0.3 is 15.8 Å². The molecule has 74 valence electrons. The SMILES string of the molecule is C=C(/C=C\C(N)=C/C)NCCOC. The van der Waals surface area contributed by atoms with Gasteiger partial charge in [0.1, 0.15) is 0 Å². The molecule has 0 rings (SSSR count). The lowest BCUT2D eigenvalue weighted by Crippen LogP contribution is -2.16. The van der Waals surface area contributed by atoms with Crippen LogP contribution in [0.15, 0.2) is 36.2 Å². The number of hydrogen-bond donors (Lipinski definition) is 2. The van der Waals surface area contributed by atoms with Gasteiger partial charge in [0.15, 0.2) is 0 Å². The Balaban J connectivity index is 3.68. The van der Waals surface area contributed by atoms with Gasteiger partial charge in [-0.25, -0.2) is 0 Å². The van der Waals surface area contributed by atoms with Gasteiger partial charge >= 0.3 is 0 Å². The Morgan fingerprint density at radius 3 is 2.77 bits per heavy atom. The van der Waals surface area contributed by atoms with Crippen molar-refractivity contribution < 1.29 is 4.74 Å². The van der Waals surface area contributed by atoms with E-state index < -0.39 is 0 Å². The molecule has 0 aromatic heterocycles. The van der Waals surface area contributed by atoms with Gasteiger partial charge in [0.05, 0.1) is 6.61 Å². The maximum absolute atomic E-state index is 5.56. The van der Waals surface area contributed by atoms with Crippen LogP contribution < -0.4 is 11.1 Å². The number of nitrogens with one attached hydrogen (secondary N) is 1. The van der Waals surface area contributed by atoms with E-state index >= 15 is 0 Å². The zero-order valence-corrected chi connectivity index (χ0v) is 8.34. The van der Waals surface area contributed by atoms with Gasteiger partial charge in [-0.1, -0.05) is 12.7 Å². The largest absolute Gasteiger partial charge is 0.399 e. The van der Waals surface area contributed by atoms with E-state index in [4.69, 9.17) is 10.5 Å². The lowest BCUT2D eigenvalue weighted by atomic mass is 10.3. The summed E-state index contributed by atoms with van der Waals surface area (Å²) in [5.41, 5.74) is 7.12. The minimum atomic E-state index is 0.673. The number of ether oxygens (including phenoxy) is 1. The Labute approximate surface area is 80.0 Å². The summed E-state index contributed by atoms with van der Waals surface area (Å²) in [6, 6.07) is 0. The highest BCUT2D eigenvalue weighted by atomic mass is 16.5. The summed E-state index contributed by atoms with van der Waals surface area (Å²) in [6.07, 6.45) is 5.48. The van der Waals surface area contributed by atoms with Crippen LogP contribution in [-0.4, -0.2) is 20.3 Å². The van der Waals surface area contributed by atoms with Crippen LogP contribution in [0.25, 0.3) is 0 Å². The molecule has 0 saturated heterocycles. The third-order valence-corrected chi connectivity index (χ3v) is 1.47. The smallest absolute Gasteiger partial charge is 0.0635 e. The van der Waals surface area contributed by atoms with Crippen LogP contribution in [0.3, 0.4) is 0 Å². The standard InChI is InChI=1S/C10H18N2O/c1-4-10(11)6-5-9(2)12-7-8-13-3/h4-6,12H,2,7-8,11H2,1,3H3/b6-5-,10-4+. The van der Waals surface area contributed by atoms with E-state index in [-0.39, 0.29) is 0 Å². The Bertz CT molecular complexity index is 207. The average Bonchev–Trinajstić information content (AvgIpc) is 2.14. The van der Waals surface area contributed by atoms with Gasteiger partial charge in [-0.3, -0.25) is 0 Å². The lowest BCUT2D eigenvalue weighted by Gasteiger charge is -2.03. The first kappa shape index (κ1) is 11.8. The first-order valence-corrected chi connectivity index (χ1v) is 4.22. The molecule has 0 spiro atoms. The second-order valence-electron chi connectivity index (χ2n) is 2.57. The second-order valence-corrected chi connectivity index (χ2v) is 2.57. The summed E-state index contributed by atoms with van der Waals surface area (Å²) < 4.78 is 4.88. The van der Waals surface area contributed by atoms with Gasteiger partial charge in [0, 0.05) is 25.0 Å². The van der Waals surface area contributed by atoms with Gasteiger partial charge in [0.25, 0.3) is 0 Å². The molecule has 0 radical (unpaired) electrons. The number of nitrogens with two attached hydrogens (primary N) is 1. The van der Waals surface area contributed by atoms with Crippen molar-refractivity contribution in [3.63, 3.8) is 0 Å². The molecule has 0 aliphatic heterocycles. The molecule has 0 aromatic rings. The lowest BCUT2D eigenvalue weighted by molar-refractivity contribution is 0.202. The predicted octanol–water partition coefficient (Wildman–Crippen LogP) is 1.15. The molecular formula is C10H18N2O. The fourth-order valence-electron chi connectivity index (χ4n) is 0.666. The minimum absolute atomic E-state index is 0.673. The Hall–Kier alpha value is -1.22. The fraction of sp³-hybridized carbons (Fsp3) is 0.400. The van der Waals surface area contributed by atoms with Crippen LogP contribution in [0.2, 0.25) is 0 Å². The van der Waals surface area contributed by atoms with Crippen molar-refractivity contribution in [3.05, 3.63) is 36.2 Å². The third kappa shape index (κ3) is 7.15. The molecule has 0 aliphatic carbocycles. The summed E-state index contributed by atoms with van der Waals surface area (Å²) in [5, 5.41) is 3.07. The normalized spacial score (nSPS) is 12.0. The number of hydrogen-bond acceptors (Lipinski definition) is 3. The van der Waals surface area contributed by atoms with Crippen LogP contribution in [0, 0.1) is 0 Å². The summed E-state index contributed by atoms with van der Waals surface area (Å²) in [5.74, 6) is 0. The van der Waals surface area contributed by atoms with Crippen LogP contribution in [0.5, 0.6) is 0 Å². The maximum atomic E-state index is 5.56. The van der Waals surface area contributed by atoms with E-state index in [0.717, 1.165) is 17.9 Å². The van der Waals surface area contributed by atoms with Gasteiger partial charge in [-0.15, -0.1) is 0 Å². The molecule has 0 aliphatic rings. The molecule has 0 amide bonds. The fourth-order valence-corrected chi connectivity index (χ4v) is 0.666. The Morgan fingerprint density at radius 1 is 1.54 bits per heavy atom. The summed E-state index contributed by atoms with van der Waals surface area (Å²) in [4.78, 5) is 0. The Morgan fingerprint density at radius 2 is 2.23 bits per heavy atom. The topological polar surface area (TPSA) is 47.3 Å². The molecule has 0 saturated carbocycles. The predicted molar refractivity (Wildman–Crippen MR) is 56.1 cm³/mol. The van der Waals surface area contributed by atoms with Crippen LogP contribution in [0.4, 0.5) is 0 Å². The molecule has 3 heteroatoms. The monoisotopic (exact) mass is 182 g/mol. The van der Waals surface area contributed by atoms with Crippen LogP contribution >= 0.6 is 0 Å². The van der Waals surface area contributed by atoms with Gasteiger partial charge in [0.2, 0.25) is 0 Å². The van der Waals surface area contributed by atoms with Gasteiger partial charge in [-0.05, 0) is 19.1 Å². The molecule has 0 unspecified atom stereocenters. The summed E-state index contributed by atoms with van der Waals surface area (Å²) >= 11 is 0. The van der Waals surface area contributed by atoms with E-state index in [0.29, 0.717) is 6.61 Å². The highest BCUT2D eigenvalue weighted by molar-refractivity contribution is 5.22. The molecular weight excluding hydrogens is 164 g/mol. The number of rotatable bonds is 6. The van der Waals surface area contributed by atoms with Crippen molar-refractivity contribution in [1.82, 2.24) is 5.32 Å². The minimum Gasteiger partial charge on any atom is -0.399 e. The van der Waals surface area contributed by atoms with E-state index in [9.17, 15) is 0 Å². The van der Waals surface area contributed by atoms with Crippen LogP contribution in [-0.2, 0) is 4.74 Å². The van der Waals surface area contributed by atoms with E-state index in [1.165, 1.54) is 0 Å². The van der Waals surface area contributed by atoms with Crippen molar-refractivity contribution in [2.75, 3.05) is 20.3 Å². The summed E-state index contributed by atoms with van der Waals surface area (Å²) in [7, 11) is 1.66. The molecule has 0 atom stereocenters. The second kappa shape index (κ2) is 7.43. The zero-order valence-electron chi connectivity index (χ0n) is 8.34.